The zero-order valence-electron chi connectivity index (χ0n) is 14.1. The van der Waals surface area contributed by atoms with Crippen LogP contribution in [0, 0.1) is 5.41 Å². The van der Waals surface area contributed by atoms with E-state index in [0.29, 0.717) is 0 Å². The highest BCUT2D eigenvalue weighted by Gasteiger charge is 2.37. The molecule has 1 aliphatic rings. The first kappa shape index (κ1) is 15.6. The Morgan fingerprint density at radius 1 is 1.13 bits per heavy atom. The Balaban J connectivity index is 2.05. The molecule has 2 aromatic rings. The lowest BCUT2D eigenvalue weighted by atomic mass is 9.88. The third kappa shape index (κ3) is 2.96. The molecule has 1 saturated heterocycles. The van der Waals surface area contributed by atoms with E-state index in [1.807, 2.05) is 13.8 Å². The van der Waals surface area contributed by atoms with Crippen molar-refractivity contribution in [3.8, 4) is 0 Å². The van der Waals surface area contributed by atoms with Crippen LogP contribution in [-0.4, -0.2) is 5.91 Å². The zero-order chi connectivity index (χ0) is 16.4. The SMILES string of the molecule is CCCCc1ccc2cccc(/C=C3\NNC(=O)C3(C)C)c2c1. The number of unbranched alkanes of at least 4 members (excludes halogenated alkanes) is 1. The Labute approximate surface area is 137 Å². The third-order valence-electron chi connectivity index (χ3n) is 4.65. The average molecular weight is 308 g/mol. The molecule has 0 radical (unpaired) electrons. The molecule has 0 saturated carbocycles. The van der Waals surface area contributed by atoms with Crippen LogP contribution in [0.3, 0.4) is 0 Å². The molecule has 3 heteroatoms. The number of hydrazine groups is 1. The fraction of sp³-hybridized carbons (Fsp3) is 0.350. The summed E-state index contributed by atoms with van der Waals surface area (Å²) < 4.78 is 0. The smallest absolute Gasteiger partial charge is 0.249 e. The number of amides is 1. The molecule has 0 unspecified atom stereocenters. The van der Waals surface area contributed by atoms with Gasteiger partial charge in [0.2, 0.25) is 5.91 Å². The van der Waals surface area contributed by atoms with Crippen molar-refractivity contribution in [3.63, 3.8) is 0 Å². The number of benzene rings is 2. The van der Waals surface area contributed by atoms with Crippen molar-refractivity contribution in [2.75, 3.05) is 0 Å². The predicted molar refractivity (Wildman–Crippen MR) is 95.6 cm³/mol. The lowest BCUT2D eigenvalue weighted by molar-refractivity contribution is -0.125. The van der Waals surface area contributed by atoms with E-state index in [-0.39, 0.29) is 5.91 Å². The van der Waals surface area contributed by atoms with Crippen molar-refractivity contribution in [1.82, 2.24) is 10.9 Å². The Morgan fingerprint density at radius 2 is 1.96 bits per heavy atom. The highest BCUT2D eigenvalue weighted by molar-refractivity contribution is 5.94. The second-order valence-electron chi connectivity index (χ2n) is 6.77. The summed E-state index contributed by atoms with van der Waals surface area (Å²) in [4.78, 5) is 11.9. The molecule has 1 amide bonds. The molecule has 2 aromatic carbocycles. The van der Waals surface area contributed by atoms with Gasteiger partial charge in [-0.2, -0.15) is 0 Å². The number of fused-ring (bicyclic) bond motifs is 1. The van der Waals surface area contributed by atoms with E-state index in [1.165, 1.54) is 29.2 Å². The van der Waals surface area contributed by atoms with Crippen LogP contribution in [0.5, 0.6) is 0 Å². The molecular formula is C20H24N2O. The largest absolute Gasteiger partial charge is 0.302 e. The quantitative estimate of drug-likeness (QED) is 0.889. The van der Waals surface area contributed by atoms with E-state index >= 15 is 0 Å². The molecule has 3 rings (SSSR count). The monoisotopic (exact) mass is 308 g/mol. The van der Waals surface area contributed by atoms with Crippen LogP contribution in [0.1, 0.15) is 44.7 Å². The molecule has 3 nitrogen and oxygen atoms in total. The Bertz CT molecular complexity index is 774. The summed E-state index contributed by atoms with van der Waals surface area (Å²) in [6.45, 7) is 6.09. The van der Waals surface area contributed by atoms with Crippen LogP contribution in [0.25, 0.3) is 16.8 Å². The minimum atomic E-state index is -0.526. The van der Waals surface area contributed by atoms with Crippen molar-refractivity contribution in [1.29, 1.82) is 0 Å². The molecule has 1 fully saturated rings. The van der Waals surface area contributed by atoms with E-state index in [1.54, 1.807) is 0 Å². The third-order valence-corrected chi connectivity index (χ3v) is 4.65. The second-order valence-corrected chi connectivity index (χ2v) is 6.77. The van der Waals surface area contributed by atoms with E-state index in [9.17, 15) is 4.79 Å². The van der Waals surface area contributed by atoms with Crippen molar-refractivity contribution in [3.05, 3.63) is 53.2 Å². The first-order valence-corrected chi connectivity index (χ1v) is 8.32. The van der Waals surface area contributed by atoms with Crippen molar-refractivity contribution in [2.24, 2.45) is 5.41 Å². The fourth-order valence-electron chi connectivity index (χ4n) is 2.94. The zero-order valence-corrected chi connectivity index (χ0v) is 14.1. The summed E-state index contributed by atoms with van der Waals surface area (Å²) >= 11 is 0. The topological polar surface area (TPSA) is 41.1 Å². The summed E-state index contributed by atoms with van der Waals surface area (Å²) in [7, 11) is 0. The van der Waals surface area contributed by atoms with Gasteiger partial charge < -0.3 is 5.43 Å². The Kier molecular flexibility index (Phi) is 4.12. The molecule has 0 spiro atoms. The molecule has 1 aliphatic heterocycles. The highest BCUT2D eigenvalue weighted by atomic mass is 16.2. The molecule has 0 aromatic heterocycles. The maximum atomic E-state index is 11.9. The van der Waals surface area contributed by atoms with Crippen LogP contribution in [0.15, 0.2) is 42.1 Å². The lowest BCUT2D eigenvalue weighted by Crippen LogP contribution is -2.28. The van der Waals surface area contributed by atoms with Crippen LogP contribution in [0.2, 0.25) is 0 Å². The van der Waals surface area contributed by atoms with Gasteiger partial charge in [-0.3, -0.25) is 10.2 Å². The molecule has 23 heavy (non-hydrogen) atoms. The maximum Gasteiger partial charge on any atom is 0.249 e. The predicted octanol–water partition coefficient (Wildman–Crippen LogP) is 4.18. The van der Waals surface area contributed by atoms with E-state index in [0.717, 1.165) is 17.7 Å². The minimum absolute atomic E-state index is 0.00706. The van der Waals surface area contributed by atoms with Gasteiger partial charge >= 0.3 is 0 Å². The van der Waals surface area contributed by atoms with Gasteiger partial charge in [-0.25, -0.2) is 0 Å². The van der Waals surface area contributed by atoms with Gasteiger partial charge in [0, 0.05) is 5.70 Å². The van der Waals surface area contributed by atoms with Gasteiger partial charge in [0.25, 0.3) is 0 Å². The van der Waals surface area contributed by atoms with Crippen molar-refractivity contribution >= 4 is 22.8 Å². The number of nitrogens with one attached hydrogen (secondary N) is 2. The first-order valence-electron chi connectivity index (χ1n) is 8.32. The highest BCUT2D eigenvalue weighted by Crippen LogP contribution is 2.31. The molecule has 2 N–H and O–H groups in total. The van der Waals surface area contributed by atoms with Crippen molar-refractivity contribution < 1.29 is 4.79 Å². The summed E-state index contributed by atoms with van der Waals surface area (Å²) in [5.74, 6) is 0.00706. The maximum absolute atomic E-state index is 11.9. The molecule has 0 bridgehead atoms. The number of aryl methyl sites for hydroxylation is 1. The number of hydrogen-bond donors (Lipinski definition) is 2. The van der Waals surface area contributed by atoms with Gasteiger partial charge in [-0.05, 0) is 54.7 Å². The average Bonchev–Trinajstić information content (AvgIpc) is 2.80. The molecule has 1 heterocycles. The van der Waals surface area contributed by atoms with Crippen LogP contribution >= 0.6 is 0 Å². The Morgan fingerprint density at radius 3 is 2.65 bits per heavy atom. The first-order chi connectivity index (χ1) is 11.0. The van der Waals surface area contributed by atoms with Gasteiger partial charge in [0.05, 0.1) is 5.41 Å². The van der Waals surface area contributed by atoms with Crippen LogP contribution in [0.4, 0.5) is 0 Å². The molecule has 0 aliphatic carbocycles. The number of carbonyl (C=O) groups excluding carboxylic acids is 1. The summed E-state index contributed by atoms with van der Waals surface area (Å²) in [5.41, 5.74) is 8.64. The fourth-order valence-corrected chi connectivity index (χ4v) is 2.94. The number of carbonyl (C=O) groups is 1. The number of hydrogen-bond acceptors (Lipinski definition) is 2. The molecule has 120 valence electrons. The normalized spacial score (nSPS) is 18.2. The van der Waals surface area contributed by atoms with Gasteiger partial charge in [0.15, 0.2) is 0 Å². The minimum Gasteiger partial charge on any atom is -0.302 e. The summed E-state index contributed by atoms with van der Waals surface area (Å²) in [6, 6.07) is 13.0. The Hall–Kier alpha value is -2.29. The van der Waals surface area contributed by atoms with E-state index in [4.69, 9.17) is 0 Å². The number of rotatable bonds is 4. The second kappa shape index (κ2) is 6.07. The lowest BCUT2D eigenvalue weighted by Gasteiger charge is -2.15. The summed E-state index contributed by atoms with van der Waals surface area (Å²) in [6.07, 6.45) is 5.61. The summed E-state index contributed by atoms with van der Waals surface area (Å²) in [5, 5.41) is 2.47. The molecular weight excluding hydrogens is 284 g/mol. The van der Waals surface area contributed by atoms with Gasteiger partial charge in [0.1, 0.15) is 0 Å². The standard InChI is InChI=1S/C20H24N2O/c1-4-5-7-14-10-11-15-8-6-9-16(17(15)12-14)13-18-20(2,3)19(23)22-21-18/h6,8-13,21H,4-5,7H2,1-3H3,(H,22,23)/b18-13-. The van der Waals surface area contributed by atoms with E-state index < -0.39 is 5.41 Å². The van der Waals surface area contributed by atoms with E-state index in [2.05, 4.69) is 60.2 Å². The van der Waals surface area contributed by atoms with Crippen LogP contribution < -0.4 is 10.9 Å². The van der Waals surface area contributed by atoms with Crippen molar-refractivity contribution in [2.45, 2.75) is 40.0 Å². The molecule has 0 atom stereocenters. The van der Waals surface area contributed by atoms with Gasteiger partial charge in [-0.15, -0.1) is 0 Å². The van der Waals surface area contributed by atoms with Gasteiger partial charge in [-0.1, -0.05) is 49.7 Å². The van der Waals surface area contributed by atoms with Crippen LogP contribution in [-0.2, 0) is 11.2 Å².